The molecule has 0 spiro atoms. The van der Waals surface area contributed by atoms with Gasteiger partial charge in [-0.1, -0.05) is 6.92 Å². The van der Waals surface area contributed by atoms with Crippen LogP contribution in [-0.2, 0) is 0 Å². The molecule has 2 N–H and O–H groups in total. The number of hydrogen-bond donors (Lipinski definition) is 2. The average molecular weight is 286 g/mol. The van der Waals surface area contributed by atoms with E-state index in [0.29, 0.717) is 12.2 Å². The van der Waals surface area contributed by atoms with Gasteiger partial charge in [-0.05, 0) is 41.5 Å². The molecule has 0 aromatic carbocycles. The highest BCUT2D eigenvalue weighted by Crippen LogP contribution is 2.07. The number of hydrogen-bond acceptors (Lipinski definition) is 3. The fraction of sp³-hybridized carbons (Fsp3) is 0.455. The maximum absolute atomic E-state index is 11.6. The Morgan fingerprint density at radius 3 is 2.88 bits per heavy atom. The van der Waals surface area contributed by atoms with E-state index in [2.05, 4.69) is 31.5 Å². The highest BCUT2D eigenvalue weighted by atomic mass is 79.9. The first kappa shape index (κ1) is 13.1. The van der Waals surface area contributed by atoms with Gasteiger partial charge in [0, 0.05) is 23.3 Å². The van der Waals surface area contributed by atoms with Crippen molar-refractivity contribution in [2.75, 3.05) is 13.1 Å². The van der Waals surface area contributed by atoms with Crippen LogP contribution in [-0.4, -0.2) is 30.0 Å². The Balaban J connectivity index is 2.43. The highest BCUT2D eigenvalue weighted by molar-refractivity contribution is 9.10. The molecule has 0 aliphatic heterocycles. The van der Waals surface area contributed by atoms with E-state index in [-0.39, 0.29) is 11.9 Å². The average Bonchev–Trinajstić information content (AvgIpc) is 2.27. The third-order valence-corrected chi connectivity index (χ3v) is 2.55. The standard InChI is InChI=1S/C11H16BrN3O/c1-3-13-8(2)6-15-11(16)10-5-4-9(12)7-14-10/h4-5,7-8,13H,3,6H2,1-2H3,(H,15,16)/t8-/m1/s1. The lowest BCUT2D eigenvalue weighted by Gasteiger charge is -2.12. The van der Waals surface area contributed by atoms with Crippen molar-refractivity contribution in [1.82, 2.24) is 15.6 Å². The van der Waals surface area contributed by atoms with Crippen molar-refractivity contribution in [3.8, 4) is 0 Å². The van der Waals surface area contributed by atoms with Crippen molar-refractivity contribution in [1.29, 1.82) is 0 Å². The molecule has 4 nitrogen and oxygen atoms in total. The van der Waals surface area contributed by atoms with Crippen molar-refractivity contribution in [3.05, 3.63) is 28.5 Å². The molecule has 1 aromatic heterocycles. The molecule has 1 aromatic rings. The minimum atomic E-state index is -0.141. The second-order valence-corrected chi connectivity index (χ2v) is 4.45. The quantitative estimate of drug-likeness (QED) is 0.864. The van der Waals surface area contributed by atoms with E-state index in [4.69, 9.17) is 0 Å². The highest BCUT2D eigenvalue weighted by Gasteiger charge is 2.07. The third-order valence-electron chi connectivity index (χ3n) is 2.08. The monoisotopic (exact) mass is 285 g/mol. The Kier molecular flexibility index (Phi) is 5.42. The van der Waals surface area contributed by atoms with Crippen molar-refractivity contribution in [3.63, 3.8) is 0 Å². The van der Waals surface area contributed by atoms with Crippen molar-refractivity contribution in [2.24, 2.45) is 0 Å². The van der Waals surface area contributed by atoms with E-state index >= 15 is 0 Å². The maximum Gasteiger partial charge on any atom is 0.269 e. The molecule has 0 aliphatic carbocycles. The number of carbonyl (C=O) groups is 1. The summed E-state index contributed by atoms with van der Waals surface area (Å²) in [6.45, 7) is 5.56. The Labute approximate surface area is 104 Å². The fourth-order valence-electron chi connectivity index (χ4n) is 1.27. The van der Waals surface area contributed by atoms with Crippen LogP contribution in [0.2, 0.25) is 0 Å². The molecule has 0 unspecified atom stereocenters. The predicted molar refractivity (Wildman–Crippen MR) is 67.4 cm³/mol. The molecular formula is C11H16BrN3O. The van der Waals surface area contributed by atoms with Gasteiger partial charge in [-0.2, -0.15) is 0 Å². The molecule has 0 bridgehead atoms. The summed E-state index contributed by atoms with van der Waals surface area (Å²) in [5.74, 6) is -0.141. The van der Waals surface area contributed by atoms with Crippen LogP contribution in [0.3, 0.4) is 0 Å². The molecule has 1 atom stereocenters. The number of likely N-dealkylation sites (N-methyl/N-ethyl adjacent to an activating group) is 1. The van der Waals surface area contributed by atoms with Gasteiger partial charge in [0.2, 0.25) is 0 Å². The van der Waals surface area contributed by atoms with Gasteiger partial charge in [0.25, 0.3) is 5.91 Å². The smallest absolute Gasteiger partial charge is 0.269 e. The Hall–Kier alpha value is -0.940. The van der Waals surface area contributed by atoms with E-state index in [1.54, 1.807) is 18.3 Å². The molecule has 1 rings (SSSR count). The number of amides is 1. The normalized spacial score (nSPS) is 12.2. The Morgan fingerprint density at radius 2 is 2.31 bits per heavy atom. The van der Waals surface area contributed by atoms with Gasteiger partial charge >= 0.3 is 0 Å². The number of carbonyl (C=O) groups excluding carboxylic acids is 1. The molecule has 1 amide bonds. The van der Waals surface area contributed by atoms with Gasteiger partial charge < -0.3 is 10.6 Å². The van der Waals surface area contributed by atoms with E-state index in [0.717, 1.165) is 11.0 Å². The van der Waals surface area contributed by atoms with Crippen LogP contribution >= 0.6 is 15.9 Å². The number of rotatable bonds is 5. The van der Waals surface area contributed by atoms with Crippen LogP contribution < -0.4 is 10.6 Å². The maximum atomic E-state index is 11.6. The number of nitrogens with zero attached hydrogens (tertiary/aromatic N) is 1. The van der Waals surface area contributed by atoms with Gasteiger partial charge in [0.05, 0.1) is 0 Å². The third kappa shape index (κ3) is 4.28. The second kappa shape index (κ2) is 6.60. The largest absolute Gasteiger partial charge is 0.349 e. The summed E-state index contributed by atoms with van der Waals surface area (Å²) >= 11 is 3.27. The summed E-state index contributed by atoms with van der Waals surface area (Å²) < 4.78 is 0.866. The predicted octanol–water partition coefficient (Wildman–Crippen LogP) is 1.57. The molecule has 0 fully saturated rings. The van der Waals surface area contributed by atoms with Crippen molar-refractivity contribution >= 4 is 21.8 Å². The molecule has 0 saturated carbocycles. The second-order valence-electron chi connectivity index (χ2n) is 3.53. The molecule has 0 radical (unpaired) electrons. The van der Waals surface area contributed by atoms with Crippen molar-refractivity contribution < 1.29 is 4.79 Å². The lowest BCUT2D eigenvalue weighted by Crippen LogP contribution is -2.39. The molecule has 5 heteroatoms. The SMILES string of the molecule is CCN[C@H](C)CNC(=O)c1ccc(Br)cn1. The molecular weight excluding hydrogens is 270 g/mol. The molecule has 0 saturated heterocycles. The number of pyridine rings is 1. The first-order chi connectivity index (χ1) is 7.63. The zero-order chi connectivity index (χ0) is 12.0. The lowest BCUT2D eigenvalue weighted by molar-refractivity contribution is 0.0945. The fourth-order valence-corrected chi connectivity index (χ4v) is 1.50. The molecule has 16 heavy (non-hydrogen) atoms. The Bertz CT molecular complexity index is 340. The number of aromatic nitrogens is 1. The van der Waals surface area contributed by atoms with Crippen LogP contribution in [0.5, 0.6) is 0 Å². The summed E-state index contributed by atoms with van der Waals surface area (Å²) in [5, 5.41) is 6.04. The van der Waals surface area contributed by atoms with Crippen LogP contribution in [0.4, 0.5) is 0 Å². The van der Waals surface area contributed by atoms with E-state index in [1.807, 2.05) is 13.8 Å². The Morgan fingerprint density at radius 1 is 1.56 bits per heavy atom. The first-order valence-electron chi connectivity index (χ1n) is 5.26. The van der Waals surface area contributed by atoms with E-state index in [9.17, 15) is 4.79 Å². The molecule has 1 heterocycles. The van der Waals surface area contributed by atoms with Crippen LogP contribution in [0, 0.1) is 0 Å². The van der Waals surface area contributed by atoms with Gasteiger partial charge in [0.1, 0.15) is 5.69 Å². The minimum absolute atomic E-state index is 0.141. The van der Waals surface area contributed by atoms with Crippen LogP contribution in [0.15, 0.2) is 22.8 Å². The number of halogens is 1. The lowest BCUT2D eigenvalue weighted by atomic mass is 10.3. The summed E-state index contributed by atoms with van der Waals surface area (Å²) in [5.41, 5.74) is 0.437. The van der Waals surface area contributed by atoms with Crippen molar-refractivity contribution in [2.45, 2.75) is 19.9 Å². The number of nitrogens with one attached hydrogen (secondary N) is 2. The first-order valence-corrected chi connectivity index (χ1v) is 6.06. The topological polar surface area (TPSA) is 54.0 Å². The zero-order valence-electron chi connectivity index (χ0n) is 9.46. The molecule has 0 aliphatic rings. The van der Waals surface area contributed by atoms with E-state index < -0.39 is 0 Å². The summed E-state index contributed by atoms with van der Waals surface area (Å²) in [6, 6.07) is 3.76. The zero-order valence-corrected chi connectivity index (χ0v) is 11.0. The summed E-state index contributed by atoms with van der Waals surface area (Å²) in [6.07, 6.45) is 1.61. The summed E-state index contributed by atoms with van der Waals surface area (Å²) in [7, 11) is 0. The van der Waals surface area contributed by atoms with Gasteiger partial charge in [-0.15, -0.1) is 0 Å². The van der Waals surface area contributed by atoms with Crippen LogP contribution in [0.1, 0.15) is 24.3 Å². The minimum Gasteiger partial charge on any atom is -0.349 e. The summed E-state index contributed by atoms with van der Waals surface area (Å²) in [4.78, 5) is 15.7. The van der Waals surface area contributed by atoms with E-state index in [1.165, 1.54) is 0 Å². The van der Waals surface area contributed by atoms with Crippen LogP contribution in [0.25, 0.3) is 0 Å². The van der Waals surface area contributed by atoms with Gasteiger partial charge in [-0.25, -0.2) is 4.98 Å². The van der Waals surface area contributed by atoms with Gasteiger partial charge in [-0.3, -0.25) is 4.79 Å². The molecule has 88 valence electrons. The van der Waals surface area contributed by atoms with Gasteiger partial charge in [0.15, 0.2) is 0 Å².